The molecule has 0 spiro atoms. The highest BCUT2D eigenvalue weighted by molar-refractivity contribution is 5.71. The predicted octanol–water partition coefficient (Wildman–Crippen LogP) is 1.91. The molecule has 1 atom stereocenters. The highest BCUT2D eigenvalue weighted by Crippen LogP contribution is 2.22. The number of ether oxygens (including phenoxy) is 1. The lowest BCUT2D eigenvalue weighted by Crippen LogP contribution is -2.19. The summed E-state index contributed by atoms with van der Waals surface area (Å²) in [4.78, 5) is 11.4. The van der Waals surface area contributed by atoms with Crippen LogP contribution in [0.15, 0.2) is 36.5 Å². The maximum atomic E-state index is 11.4. The lowest BCUT2D eigenvalue weighted by molar-refractivity contribution is -0.141. The summed E-state index contributed by atoms with van der Waals surface area (Å²) in [7, 11) is 3.41. The van der Waals surface area contributed by atoms with E-state index in [-0.39, 0.29) is 0 Å². The van der Waals surface area contributed by atoms with Crippen LogP contribution in [0.5, 0.6) is 5.75 Å². The van der Waals surface area contributed by atoms with E-state index in [1.165, 1.54) is 0 Å². The second-order valence-corrected chi connectivity index (χ2v) is 4.74. The molecule has 0 saturated heterocycles. The minimum atomic E-state index is -0.818. The van der Waals surface area contributed by atoms with Gasteiger partial charge in [0.1, 0.15) is 5.75 Å². The number of hydrogen-bond donors (Lipinski definition) is 1. The van der Waals surface area contributed by atoms with Gasteiger partial charge in [-0.2, -0.15) is 5.10 Å². The number of aryl methyl sites for hydroxylation is 1. The molecule has 0 amide bonds. The molecule has 0 fully saturated rings. The average Bonchev–Trinajstić information content (AvgIpc) is 2.84. The fourth-order valence-corrected chi connectivity index (χ4v) is 2.21. The molecule has 1 aromatic carbocycles. The van der Waals surface area contributed by atoms with Crippen LogP contribution in [0.1, 0.15) is 11.3 Å². The van der Waals surface area contributed by atoms with E-state index in [4.69, 9.17) is 4.74 Å². The van der Waals surface area contributed by atoms with Crippen LogP contribution >= 0.6 is 0 Å². The van der Waals surface area contributed by atoms with Crippen LogP contribution in [0.2, 0.25) is 0 Å². The van der Waals surface area contributed by atoms with Gasteiger partial charge in [0.2, 0.25) is 0 Å². The highest BCUT2D eigenvalue weighted by Gasteiger charge is 2.21. The average molecular weight is 274 g/mol. The molecule has 2 rings (SSSR count). The standard InChI is InChI=1S/C15H18N2O3/c1-17-8-7-13(16-17)10-12(15(18)19)9-11-5-3-4-6-14(11)20-2/h3-8,12H,9-10H2,1-2H3,(H,18,19). The number of benzene rings is 1. The molecule has 1 N–H and O–H groups in total. The first-order valence-corrected chi connectivity index (χ1v) is 6.43. The molecule has 1 heterocycles. The molecule has 5 heteroatoms. The first-order chi connectivity index (χ1) is 9.60. The van der Waals surface area contributed by atoms with Crippen molar-refractivity contribution in [1.82, 2.24) is 9.78 Å². The second kappa shape index (κ2) is 6.23. The number of carbonyl (C=O) groups is 1. The van der Waals surface area contributed by atoms with Crippen molar-refractivity contribution in [1.29, 1.82) is 0 Å². The van der Waals surface area contributed by atoms with Gasteiger partial charge >= 0.3 is 5.97 Å². The van der Waals surface area contributed by atoms with Gasteiger partial charge in [-0.05, 0) is 24.1 Å². The normalized spacial score (nSPS) is 12.1. The monoisotopic (exact) mass is 274 g/mol. The number of aliphatic carboxylic acids is 1. The molecule has 2 aromatic rings. The molecule has 106 valence electrons. The lowest BCUT2D eigenvalue weighted by atomic mass is 9.94. The van der Waals surface area contributed by atoms with Crippen LogP contribution in [0, 0.1) is 5.92 Å². The number of aromatic nitrogens is 2. The molecular formula is C15H18N2O3. The van der Waals surface area contributed by atoms with Gasteiger partial charge in [-0.3, -0.25) is 9.48 Å². The summed E-state index contributed by atoms with van der Waals surface area (Å²) < 4.78 is 6.95. The number of hydrogen-bond acceptors (Lipinski definition) is 3. The summed E-state index contributed by atoms with van der Waals surface area (Å²) >= 11 is 0. The zero-order valence-corrected chi connectivity index (χ0v) is 11.6. The minimum Gasteiger partial charge on any atom is -0.496 e. The zero-order chi connectivity index (χ0) is 14.5. The van der Waals surface area contributed by atoms with Gasteiger partial charge in [-0.1, -0.05) is 18.2 Å². The van der Waals surface area contributed by atoms with Crippen molar-refractivity contribution in [3.63, 3.8) is 0 Å². The van der Waals surface area contributed by atoms with E-state index in [1.807, 2.05) is 43.6 Å². The van der Waals surface area contributed by atoms with E-state index >= 15 is 0 Å². The Morgan fingerprint density at radius 3 is 2.70 bits per heavy atom. The van der Waals surface area contributed by atoms with Crippen molar-refractivity contribution >= 4 is 5.97 Å². The molecule has 0 aliphatic carbocycles. The van der Waals surface area contributed by atoms with Gasteiger partial charge in [0.05, 0.1) is 18.7 Å². The number of rotatable bonds is 6. The summed E-state index contributed by atoms with van der Waals surface area (Å²) in [6.45, 7) is 0. The topological polar surface area (TPSA) is 64.4 Å². The Labute approximate surface area is 117 Å². The molecule has 0 bridgehead atoms. The number of methoxy groups -OCH3 is 1. The Kier molecular flexibility index (Phi) is 4.40. The molecule has 0 radical (unpaired) electrons. The Balaban J connectivity index is 2.15. The van der Waals surface area contributed by atoms with E-state index in [0.29, 0.717) is 12.8 Å². The quantitative estimate of drug-likeness (QED) is 0.874. The van der Waals surface area contributed by atoms with Gasteiger partial charge in [-0.15, -0.1) is 0 Å². The van der Waals surface area contributed by atoms with E-state index in [9.17, 15) is 9.90 Å². The third-order valence-electron chi connectivity index (χ3n) is 3.23. The van der Waals surface area contributed by atoms with Crippen molar-refractivity contribution in [2.75, 3.05) is 7.11 Å². The number of carboxylic acid groups (broad SMARTS) is 1. The summed E-state index contributed by atoms with van der Waals surface area (Å²) in [5, 5.41) is 13.6. The minimum absolute atomic E-state index is 0.411. The first kappa shape index (κ1) is 14.1. The molecule has 1 unspecified atom stereocenters. The van der Waals surface area contributed by atoms with Crippen molar-refractivity contribution in [2.45, 2.75) is 12.8 Å². The SMILES string of the molecule is COc1ccccc1CC(Cc1ccn(C)n1)C(=O)O. The number of nitrogens with zero attached hydrogens (tertiary/aromatic N) is 2. The third kappa shape index (κ3) is 3.38. The highest BCUT2D eigenvalue weighted by atomic mass is 16.5. The van der Waals surface area contributed by atoms with E-state index < -0.39 is 11.9 Å². The lowest BCUT2D eigenvalue weighted by Gasteiger charge is -2.13. The Morgan fingerprint density at radius 2 is 2.10 bits per heavy atom. The van der Waals surface area contributed by atoms with Crippen LogP contribution in [-0.4, -0.2) is 28.0 Å². The largest absolute Gasteiger partial charge is 0.496 e. The fraction of sp³-hybridized carbons (Fsp3) is 0.333. The maximum Gasteiger partial charge on any atom is 0.307 e. The van der Waals surface area contributed by atoms with E-state index in [1.54, 1.807) is 11.8 Å². The maximum absolute atomic E-state index is 11.4. The van der Waals surface area contributed by atoms with Gasteiger partial charge in [0.25, 0.3) is 0 Å². The van der Waals surface area contributed by atoms with Crippen LogP contribution in [0.25, 0.3) is 0 Å². The fourth-order valence-electron chi connectivity index (χ4n) is 2.21. The van der Waals surface area contributed by atoms with Gasteiger partial charge in [-0.25, -0.2) is 0 Å². The zero-order valence-electron chi connectivity index (χ0n) is 11.6. The first-order valence-electron chi connectivity index (χ1n) is 6.43. The Morgan fingerprint density at radius 1 is 1.35 bits per heavy atom. The summed E-state index contributed by atoms with van der Waals surface area (Å²) in [5.74, 6) is -0.609. The number of carboxylic acids is 1. The second-order valence-electron chi connectivity index (χ2n) is 4.74. The predicted molar refractivity (Wildman–Crippen MR) is 74.7 cm³/mol. The van der Waals surface area contributed by atoms with E-state index in [0.717, 1.165) is 17.0 Å². The molecule has 0 aliphatic heterocycles. The summed E-state index contributed by atoms with van der Waals surface area (Å²) in [6.07, 6.45) is 2.65. The molecule has 20 heavy (non-hydrogen) atoms. The van der Waals surface area contributed by atoms with Crippen LogP contribution in [0.4, 0.5) is 0 Å². The van der Waals surface area contributed by atoms with Crippen molar-refractivity contribution < 1.29 is 14.6 Å². The van der Waals surface area contributed by atoms with Crippen molar-refractivity contribution in [3.05, 3.63) is 47.8 Å². The van der Waals surface area contributed by atoms with Gasteiger partial charge in [0.15, 0.2) is 0 Å². The van der Waals surface area contributed by atoms with E-state index in [2.05, 4.69) is 5.10 Å². The molecule has 0 aliphatic rings. The number of para-hydroxylation sites is 1. The molecule has 1 aromatic heterocycles. The van der Waals surface area contributed by atoms with Crippen LogP contribution in [-0.2, 0) is 24.7 Å². The molecular weight excluding hydrogens is 256 g/mol. The summed E-state index contributed by atoms with van der Waals surface area (Å²) in [5.41, 5.74) is 1.69. The Bertz CT molecular complexity index is 592. The Hall–Kier alpha value is -2.30. The van der Waals surface area contributed by atoms with Gasteiger partial charge in [0, 0.05) is 19.7 Å². The molecule has 0 saturated carbocycles. The summed E-state index contributed by atoms with van der Waals surface area (Å²) in [6, 6.07) is 9.34. The smallest absolute Gasteiger partial charge is 0.307 e. The van der Waals surface area contributed by atoms with Crippen molar-refractivity contribution in [2.24, 2.45) is 13.0 Å². The van der Waals surface area contributed by atoms with Crippen LogP contribution < -0.4 is 4.74 Å². The molecule has 5 nitrogen and oxygen atoms in total. The van der Waals surface area contributed by atoms with Crippen LogP contribution in [0.3, 0.4) is 0 Å². The van der Waals surface area contributed by atoms with Gasteiger partial charge < -0.3 is 9.84 Å². The van der Waals surface area contributed by atoms with Crippen molar-refractivity contribution in [3.8, 4) is 5.75 Å². The third-order valence-corrected chi connectivity index (χ3v) is 3.23.